The second kappa shape index (κ2) is 25.9. The number of carbonyl (C=O) groups excluding carboxylic acids is 8. The lowest BCUT2D eigenvalue weighted by Gasteiger charge is -2.22. The topological polar surface area (TPSA) is 288 Å². The van der Waals surface area contributed by atoms with Gasteiger partial charge in [-0.15, -0.1) is 0 Å². The predicted molar refractivity (Wildman–Crippen MR) is 228 cm³/mol. The van der Waals surface area contributed by atoms with Crippen molar-refractivity contribution in [2.75, 3.05) is 44.8 Å². The maximum atomic E-state index is 13.0. The number of Topliss-reactive ketones (excluding diaryl/α,β-unsaturated/α-hetero) is 1. The second-order valence-electron chi connectivity index (χ2n) is 13.4. The van der Waals surface area contributed by atoms with Crippen LogP contribution in [0.2, 0.25) is 0 Å². The first-order chi connectivity index (χ1) is 29.1. The van der Waals surface area contributed by atoms with E-state index < -0.39 is 60.2 Å². The number of primary amides is 1. The number of hydrogen-bond acceptors (Lipinski definition) is 13. The Morgan fingerprint density at radius 2 is 1.36 bits per heavy atom. The van der Waals surface area contributed by atoms with Gasteiger partial charge in [0.05, 0.1) is 61.8 Å². The van der Waals surface area contributed by atoms with Gasteiger partial charge in [0, 0.05) is 34.9 Å². The first kappa shape index (κ1) is 49.8. The van der Waals surface area contributed by atoms with Gasteiger partial charge in [0.25, 0.3) is 5.91 Å². The third kappa shape index (κ3) is 17.9. The van der Waals surface area contributed by atoms with Crippen LogP contribution in [0.3, 0.4) is 0 Å². The molecule has 61 heavy (non-hydrogen) atoms. The highest BCUT2D eigenvalue weighted by Crippen LogP contribution is 2.19. The lowest BCUT2D eigenvalue weighted by molar-refractivity contribution is -0.133. The second-order valence-corrected chi connectivity index (χ2v) is 14.5. The Bertz CT molecular complexity index is 2040. The van der Waals surface area contributed by atoms with E-state index in [0.717, 1.165) is 11.4 Å². The molecule has 0 aliphatic heterocycles. The monoisotopic (exact) mass is 977 g/mol. The summed E-state index contributed by atoms with van der Waals surface area (Å²) in [7, 11) is 0. The number of anilines is 1. The number of ketones is 1. The van der Waals surface area contributed by atoms with Crippen molar-refractivity contribution in [3.05, 3.63) is 65.0 Å². The van der Waals surface area contributed by atoms with Gasteiger partial charge in [-0.1, -0.05) is 44.0 Å². The number of hydrogen-bond donors (Lipinski definition) is 7. The number of alkyl carbamates (subject to hydrolysis) is 1. The zero-order valence-electron chi connectivity index (χ0n) is 33.8. The molecule has 0 aliphatic carbocycles. The number of aromatic nitrogens is 2. The van der Waals surface area contributed by atoms with E-state index in [4.69, 9.17) is 19.9 Å². The number of benzene rings is 2. The summed E-state index contributed by atoms with van der Waals surface area (Å²) in [5, 5.41) is 16.1. The van der Waals surface area contributed by atoms with Gasteiger partial charge < -0.3 is 51.8 Å². The maximum absolute atomic E-state index is 13.0. The summed E-state index contributed by atoms with van der Waals surface area (Å²) in [6, 6.07) is 7.66. The standard InChI is InChI=1S/C39H49Br2N9O11/c1-22(51)20-44-39(58)61-21-25-4-7-27(8-5-25)47-38(57)30(17-33(42)52)50-36(55)24(3)46-35(54)23(2)45-34(53)10-12-59-14-15-60-13-11-43-37(56)26-6-9-28-29(16-26)49-32(19-41)31(18-40)48-28/h4-9,16,23-24,30H,10-15,17-21H2,1-3H3,(H2,42,52)(H,43,56)(H,44,58)(H,45,53)(H,46,54)(H,47,57)(H,50,55)/t23-,24-,30-/m0/s1. The van der Waals surface area contributed by atoms with Crippen molar-refractivity contribution in [1.29, 1.82) is 0 Å². The lowest BCUT2D eigenvalue weighted by atomic mass is 10.1. The molecular formula is C39H49Br2N9O11. The Hall–Kier alpha value is -5.58. The van der Waals surface area contributed by atoms with Gasteiger partial charge in [-0.3, -0.25) is 33.6 Å². The number of nitrogens with two attached hydrogens (primary N) is 1. The van der Waals surface area contributed by atoms with Crippen molar-refractivity contribution < 1.29 is 52.6 Å². The highest BCUT2D eigenvalue weighted by molar-refractivity contribution is 9.09. The van der Waals surface area contributed by atoms with Crippen molar-refractivity contribution in [2.24, 2.45) is 5.73 Å². The Morgan fingerprint density at radius 3 is 2.00 bits per heavy atom. The minimum atomic E-state index is -1.39. The third-order valence-electron chi connectivity index (χ3n) is 8.35. The van der Waals surface area contributed by atoms with E-state index >= 15 is 0 Å². The minimum absolute atomic E-state index is 0.0433. The fourth-order valence-corrected chi connectivity index (χ4v) is 6.01. The largest absolute Gasteiger partial charge is 0.445 e. The molecule has 330 valence electrons. The van der Waals surface area contributed by atoms with Crippen LogP contribution >= 0.6 is 31.9 Å². The van der Waals surface area contributed by atoms with Crippen molar-refractivity contribution >= 4 is 95.9 Å². The van der Waals surface area contributed by atoms with Crippen molar-refractivity contribution in [1.82, 2.24) is 36.6 Å². The van der Waals surface area contributed by atoms with E-state index in [2.05, 4.69) is 73.7 Å². The van der Waals surface area contributed by atoms with Crippen molar-refractivity contribution in [3.8, 4) is 0 Å². The average molecular weight is 980 g/mol. The Labute approximate surface area is 368 Å². The van der Waals surface area contributed by atoms with Gasteiger partial charge in [0.1, 0.15) is 30.5 Å². The van der Waals surface area contributed by atoms with Gasteiger partial charge in [0.15, 0.2) is 0 Å². The molecule has 3 rings (SSSR count). The van der Waals surface area contributed by atoms with E-state index in [1.807, 2.05) is 0 Å². The van der Waals surface area contributed by atoms with Crippen LogP contribution in [0.25, 0.3) is 11.0 Å². The molecule has 0 spiro atoms. The van der Waals surface area contributed by atoms with Crippen LogP contribution in [-0.4, -0.2) is 115 Å². The number of ether oxygens (including phenoxy) is 3. The molecule has 7 amide bonds. The number of halogens is 2. The first-order valence-corrected chi connectivity index (χ1v) is 21.2. The molecule has 1 heterocycles. The van der Waals surface area contributed by atoms with Gasteiger partial charge in [-0.2, -0.15) is 0 Å². The summed E-state index contributed by atoms with van der Waals surface area (Å²) in [4.78, 5) is 107. The van der Waals surface area contributed by atoms with E-state index in [1.54, 1.807) is 30.3 Å². The van der Waals surface area contributed by atoms with E-state index in [9.17, 15) is 38.4 Å². The third-order valence-corrected chi connectivity index (χ3v) is 9.41. The van der Waals surface area contributed by atoms with E-state index in [-0.39, 0.29) is 64.2 Å². The highest BCUT2D eigenvalue weighted by Gasteiger charge is 2.27. The zero-order chi connectivity index (χ0) is 44.9. The highest BCUT2D eigenvalue weighted by atomic mass is 79.9. The molecular weight excluding hydrogens is 930 g/mol. The predicted octanol–water partition coefficient (Wildman–Crippen LogP) is 1.40. The summed E-state index contributed by atoms with van der Waals surface area (Å²) in [5.41, 5.74) is 9.53. The molecule has 0 radical (unpaired) electrons. The number of nitrogens with zero attached hydrogens (tertiary/aromatic N) is 2. The molecule has 0 saturated heterocycles. The summed E-state index contributed by atoms with van der Waals surface area (Å²) in [6.45, 7) is 4.75. The lowest BCUT2D eigenvalue weighted by Crippen LogP contribution is -2.55. The van der Waals surface area contributed by atoms with Crippen LogP contribution in [-0.2, 0) is 60.2 Å². The fraction of sp³-hybridized carbons (Fsp3) is 0.436. The molecule has 0 unspecified atom stereocenters. The molecule has 3 atom stereocenters. The van der Waals surface area contributed by atoms with Crippen molar-refractivity contribution in [2.45, 2.75) is 69.0 Å². The Kier molecular flexibility index (Phi) is 21.1. The summed E-state index contributed by atoms with van der Waals surface area (Å²) >= 11 is 6.82. The quantitative estimate of drug-likeness (QED) is 0.0468. The number of nitrogens with one attached hydrogen (secondary N) is 6. The normalized spacial score (nSPS) is 12.3. The molecule has 2 aromatic carbocycles. The first-order valence-electron chi connectivity index (χ1n) is 18.9. The van der Waals surface area contributed by atoms with Gasteiger partial charge >= 0.3 is 6.09 Å². The number of carbonyl (C=O) groups is 8. The van der Waals surface area contributed by atoms with Crippen LogP contribution in [0.4, 0.5) is 10.5 Å². The fourth-order valence-electron chi connectivity index (χ4n) is 5.11. The molecule has 3 aromatic rings. The number of rotatable bonds is 25. The zero-order valence-corrected chi connectivity index (χ0v) is 36.9. The van der Waals surface area contributed by atoms with Crippen LogP contribution in [0.15, 0.2) is 42.5 Å². The van der Waals surface area contributed by atoms with Gasteiger partial charge in [-0.05, 0) is 56.7 Å². The molecule has 1 aromatic heterocycles. The van der Waals surface area contributed by atoms with Crippen molar-refractivity contribution in [3.63, 3.8) is 0 Å². The number of amides is 7. The molecule has 0 aliphatic rings. The Morgan fingerprint density at radius 1 is 0.738 bits per heavy atom. The minimum Gasteiger partial charge on any atom is -0.445 e. The van der Waals surface area contributed by atoms with E-state index in [0.29, 0.717) is 38.5 Å². The van der Waals surface area contributed by atoms with Crippen LogP contribution in [0.1, 0.15) is 60.9 Å². The number of fused-ring (bicyclic) bond motifs is 1. The Balaban J connectivity index is 1.31. The smallest absolute Gasteiger partial charge is 0.407 e. The molecule has 22 heteroatoms. The van der Waals surface area contributed by atoms with Gasteiger partial charge in [-0.25, -0.2) is 14.8 Å². The van der Waals surface area contributed by atoms with Gasteiger partial charge in [0.2, 0.25) is 29.5 Å². The molecule has 0 saturated carbocycles. The maximum Gasteiger partial charge on any atom is 0.407 e. The molecule has 8 N–H and O–H groups in total. The van der Waals surface area contributed by atoms with Crippen LogP contribution in [0.5, 0.6) is 0 Å². The average Bonchev–Trinajstić information content (AvgIpc) is 3.23. The molecule has 0 bridgehead atoms. The summed E-state index contributed by atoms with van der Waals surface area (Å²) in [6.07, 6.45) is -1.38. The van der Waals surface area contributed by atoms with Crippen LogP contribution < -0.4 is 37.6 Å². The SMILES string of the molecule is CC(=O)CNC(=O)OCc1ccc(NC(=O)[C@H](CC(N)=O)NC(=O)[C@H](C)NC(=O)[C@H](C)NC(=O)CCOCCOCCNC(=O)c2ccc3nc(CBr)c(CBr)nc3c2)cc1. The summed E-state index contributed by atoms with van der Waals surface area (Å²) in [5.74, 6) is -4.12. The molecule has 20 nitrogen and oxygen atoms in total. The summed E-state index contributed by atoms with van der Waals surface area (Å²) < 4.78 is 15.9. The van der Waals surface area contributed by atoms with E-state index in [1.165, 1.54) is 32.9 Å². The number of alkyl halides is 2. The molecule has 0 fully saturated rings. The van der Waals surface area contributed by atoms with Crippen LogP contribution in [0, 0.1) is 0 Å².